The molecule has 1 aromatic heterocycles. The average Bonchev–Trinajstić information content (AvgIpc) is 3.14. The summed E-state index contributed by atoms with van der Waals surface area (Å²) >= 11 is 5.69. The maximum atomic E-state index is 13.8. The van der Waals surface area contributed by atoms with Gasteiger partial charge in [-0.25, -0.2) is 9.18 Å². The van der Waals surface area contributed by atoms with Crippen LogP contribution in [0.1, 0.15) is 28.0 Å². The maximum absolute atomic E-state index is 13.8. The van der Waals surface area contributed by atoms with Crippen LogP contribution in [0, 0.1) is 5.82 Å². The van der Waals surface area contributed by atoms with Gasteiger partial charge in [-0.1, -0.05) is 29.8 Å². The van der Waals surface area contributed by atoms with Crippen LogP contribution in [0.25, 0.3) is 10.9 Å². The molecule has 7 heteroatoms. The molecule has 0 spiro atoms. The molecular weight excluding hydrogens is 383 g/mol. The quantitative estimate of drug-likeness (QED) is 0.665. The molecule has 4 rings (SSSR count). The highest BCUT2D eigenvalue weighted by molar-refractivity contribution is 6.30. The Labute approximate surface area is 165 Å². The van der Waals surface area contributed by atoms with E-state index in [1.54, 1.807) is 0 Å². The molecule has 2 aromatic carbocycles. The summed E-state index contributed by atoms with van der Waals surface area (Å²) in [7, 11) is 0. The molecule has 1 heterocycles. The van der Waals surface area contributed by atoms with E-state index in [0.29, 0.717) is 10.9 Å². The van der Waals surface area contributed by atoms with Gasteiger partial charge in [0.15, 0.2) is 6.61 Å². The van der Waals surface area contributed by atoms with Crippen molar-refractivity contribution >= 4 is 40.1 Å². The van der Waals surface area contributed by atoms with E-state index in [-0.39, 0.29) is 10.7 Å². The Morgan fingerprint density at radius 2 is 2.00 bits per heavy atom. The largest absolute Gasteiger partial charge is 0.452 e. The number of aromatic nitrogens is 1. The van der Waals surface area contributed by atoms with Gasteiger partial charge in [-0.3, -0.25) is 9.78 Å². The van der Waals surface area contributed by atoms with Crippen LogP contribution in [0.15, 0.2) is 42.5 Å². The normalized spacial score (nSPS) is 12.6. The second-order valence-corrected chi connectivity index (χ2v) is 6.97. The number of rotatable bonds is 4. The fourth-order valence-corrected chi connectivity index (χ4v) is 3.58. The first-order valence-electron chi connectivity index (χ1n) is 8.85. The van der Waals surface area contributed by atoms with Crippen LogP contribution < -0.4 is 5.32 Å². The molecule has 1 aliphatic carbocycles. The van der Waals surface area contributed by atoms with Gasteiger partial charge in [-0.2, -0.15) is 0 Å². The van der Waals surface area contributed by atoms with Crippen molar-refractivity contribution in [2.45, 2.75) is 19.3 Å². The van der Waals surface area contributed by atoms with Crippen LogP contribution in [0.4, 0.5) is 10.1 Å². The maximum Gasteiger partial charge on any atom is 0.339 e. The van der Waals surface area contributed by atoms with E-state index in [1.165, 1.54) is 12.1 Å². The Morgan fingerprint density at radius 1 is 1.18 bits per heavy atom. The third-order valence-electron chi connectivity index (χ3n) is 4.66. The number of nitrogens with zero attached hydrogens (tertiary/aromatic N) is 1. The first kappa shape index (κ1) is 18.4. The van der Waals surface area contributed by atoms with Gasteiger partial charge in [-0.15, -0.1) is 0 Å². The third-order valence-corrected chi connectivity index (χ3v) is 4.90. The van der Waals surface area contributed by atoms with Crippen LogP contribution in [0.2, 0.25) is 5.02 Å². The topological polar surface area (TPSA) is 68.3 Å². The molecule has 0 bridgehead atoms. The summed E-state index contributed by atoms with van der Waals surface area (Å²) < 4.78 is 19.0. The van der Waals surface area contributed by atoms with E-state index >= 15 is 0 Å². The summed E-state index contributed by atoms with van der Waals surface area (Å²) in [6.07, 6.45) is 2.49. The number of carbonyl (C=O) groups excluding carboxylic acids is 2. The van der Waals surface area contributed by atoms with Gasteiger partial charge in [0.1, 0.15) is 5.82 Å². The lowest BCUT2D eigenvalue weighted by molar-refractivity contribution is -0.119. The number of amides is 1. The van der Waals surface area contributed by atoms with Crippen molar-refractivity contribution in [1.82, 2.24) is 4.98 Å². The number of anilines is 1. The number of esters is 1. The number of aryl methyl sites for hydroxylation is 1. The lowest BCUT2D eigenvalue weighted by Gasteiger charge is -2.12. The molecule has 0 radical (unpaired) electrons. The summed E-state index contributed by atoms with van der Waals surface area (Å²) in [4.78, 5) is 29.5. The average molecular weight is 399 g/mol. The van der Waals surface area contributed by atoms with Crippen molar-refractivity contribution < 1.29 is 18.7 Å². The summed E-state index contributed by atoms with van der Waals surface area (Å²) in [5.41, 5.74) is 2.94. The smallest absolute Gasteiger partial charge is 0.339 e. The molecule has 1 aliphatic rings. The van der Waals surface area contributed by atoms with Gasteiger partial charge >= 0.3 is 5.97 Å². The lowest BCUT2D eigenvalue weighted by atomic mass is 10.0. The van der Waals surface area contributed by atoms with Crippen molar-refractivity contribution in [3.63, 3.8) is 0 Å². The van der Waals surface area contributed by atoms with Gasteiger partial charge in [-0.05, 0) is 49.1 Å². The molecular formula is C21H16ClFN2O3. The number of carbonyl (C=O) groups is 2. The van der Waals surface area contributed by atoms with Crippen molar-refractivity contribution in [3.8, 4) is 0 Å². The molecule has 142 valence electrons. The molecule has 28 heavy (non-hydrogen) atoms. The number of halogens is 2. The molecule has 5 nitrogen and oxygen atoms in total. The number of para-hydroxylation sites is 1. The number of hydrogen-bond acceptors (Lipinski definition) is 4. The van der Waals surface area contributed by atoms with Crippen molar-refractivity contribution in [3.05, 3.63) is 70.1 Å². The highest BCUT2D eigenvalue weighted by atomic mass is 35.5. The molecule has 1 N–H and O–H groups in total. The second kappa shape index (κ2) is 7.56. The van der Waals surface area contributed by atoms with E-state index in [2.05, 4.69) is 10.3 Å². The van der Waals surface area contributed by atoms with Gasteiger partial charge < -0.3 is 10.1 Å². The number of ether oxygens (including phenoxy) is 1. The monoisotopic (exact) mass is 398 g/mol. The van der Waals surface area contributed by atoms with E-state index in [4.69, 9.17) is 16.3 Å². The van der Waals surface area contributed by atoms with Crippen molar-refractivity contribution in [2.24, 2.45) is 0 Å². The van der Waals surface area contributed by atoms with Crippen LogP contribution in [0.3, 0.4) is 0 Å². The zero-order valence-corrected chi connectivity index (χ0v) is 15.6. The number of benzene rings is 2. The Bertz CT molecular complexity index is 1100. The minimum Gasteiger partial charge on any atom is -0.452 e. The van der Waals surface area contributed by atoms with Crippen LogP contribution >= 0.6 is 11.6 Å². The lowest BCUT2D eigenvalue weighted by Crippen LogP contribution is -2.22. The Kier molecular flexibility index (Phi) is 4.96. The molecule has 1 amide bonds. The highest BCUT2D eigenvalue weighted by Gasteiger charge is 2.25. The fraction of sp³-hybridized carbons (Fsp3) is 0.190. The molecule has 0 fully saturated rings. The highest BCUT2D eigenvalue weighted by Crippen LogP contribution is 2.30. The molecule has 0 saturated carbocycles. The summed E-state index contributed by atoms with van der Waals surface area (Å²) in [6.45, 7) is -0.522. The Hall–Kier alpha value is -2.99. The predicted octanol–water partition coefficient (Wildman–Crippen LogP) is 4.31. The number of nitrogens with one attached hydrogen (secondary N) is 1. The number of fused-ring (bicyclic) bond motifs is 2. The third kappa shape index (κ3) is 3.55. The van der Waals surface area contributed by atoms with Crippen LogP contribution in [0.5, 0.6) is 0 Å². The zero-order chi connectivity index (χ0) is 19.7. The van der Waals surface area contributed by atoms with Gasteiger partial charge in [0.2, 0.25) is 0 Å². The first-order chi connectivity index (χ1) is 13.5. The molecule has 0 atom stereocenters. The van der Waals surface area contributed by atoms with E-state index < -0.39 is 24.3 Å². The van der Waals surface area contributed by atoms with E-state index in [1.807, 2.05) is 24.3 Å². The molecule has 0 saturated heterocycles. The van der Waals surface area contributed by atoms with E-state index in [0.717, 1.165) is 42.1 Å². The molecule has 3 aromatic rings. The SMILES string of the molecule is O=C(COC(=O)c1c2c(nc3ccccc13)CCC2)Nc1ccc(Cl)cc1F. The minimum atomic E-state index is -0.662. The zero-order valence-electron chi connectivity index (χ0n) is 14.8. The van der Waals surface area contributed by atoms with Gasteiger partial charge in [0.25, 0.3) is 5.91 Å². The minimum absolute atomic E-state index is 0.0271. The summed E-state index contributed by atoms with van der Waals surface area (Å²) in [5, 5.41) is 3.30. The second-order valence-electron chi connectivity index (χ2n) is 6.53. The summed E-state index contributed by atoms with van der Waals surface area (Å²) in [6, 6.07) is 11.3. The van der Waals surface area contributed by atoms with Gasteiger partial charge in [0, 0.05) is 16.1 Å². The molecule has 0 aliphatic heterocycles. The van der Waals surface area contributed by atoms with Crippen LogP contribution in [-0.2, 0) is 22.4 Å². The fourth-order valence-electron chi connectivity index (χ4n) is 3.42. The predicted molar refractivity (Wildman–Crippen MR) is 104 cm³/mol. The van der Waals surface area contributed by atoms with E-state index in [9.17, 15) is 14.0 Å². The number of hydrogen-bond donors (Lipinski definition) is 1. The standard InChI is InChI=1S/C21H16ClFN2O3/c22-12-8-9-18(15(23)10-12)25-19(26)11-28-21(27)20-13-4-1-2-6-16(13)24-17-7-3-5-14(17)20/h1-2,4,6,8-10H,3,5,7,11H2,(H,25,26). The van der Waals surface area contributed by atoms with Crippen molar-refractivity contribution in [2.75, 3.05) is 11.9 Å². The molecule has 0 unspecified atom stereocenters. The Balaban J connectivity index is 1.52. The van der Waals surface area contributed by atoms with Gasteiger partial charge in [0.05, 0.1) is 16.8 Å². The Morgan fingerprint density at radius 3 is 2.82 bits per heavy atom. The first-order valence-corrected chi connectivity index (χ1v) is 9.23. The summed E-state index contributed by atoms with van der Waals surface area (Å²) in [5.74, 6) is -1.88. The van der Waals surface area contributed by atoms with Crippen molar-refractivity contribution in [1.29, 1.82) is 0 Å². The number of pyridine rings is 1. The van der Waals surface area contributed by atoms with Crippen LogP contribution in [-0.4, -0.2) is 23.5 Å².